The largest absolute Gasteiger partial charge is 0.465 e. The first kappa shape index (κ1) is 17.1. The zero-order chi connectivity index (χ0) is 17.9. The van der Waals surface area contributed by atoms with Gasteiger partial charge in [-0.2, -0.15) is 0 Å². The molecule has 6 heteroatoms. The molecule has 2 fully saturated rings. The highest BCUT2D eigenvalue weighted by molar-refractivity contribution is 8.18. The minimum Gasteiger partial charge on any atom is -0.465 e. The Morgan fingerprint density at radius 2 is 2.08 bits per heavy atom. The summed E-state index contributed by atoms with van der Waals surface area (Å²) in [5.41, 5.74) is 0.914. The Morgan fingerprint density at radius 1 is 1.23 bits per heavy atom. The molecule has 1 aliphatic carbocycles. The maximum Gasteiger partial charge on any atom is 0.267 e. The fourth-order valence-corrected chi connectivity index (χ4v) is 4.44. The molecule has 0 unspecified atom stereocenters. The molecule has 2 aliphatic rings. The second-order valence-electron chi connectivity index (χ2n) is 6.62. The van der Waals surface area contributed by atoms with Gasteiger partial charge in [0.15, 0.2) is 11.0 Å². The number of hydrogen-bond donors (Lipinski definition) is 0. The molecule has 134 valence electrons. The van der Waals surface area contributed by atoms with E-state index in [-0.39, 0.29) is 11.9 Å². The molecule has 0 N–H and O–H groups in total. The Morgan fingerprint density at radius 3 is 2.81 bits per heavy atom. The number of furan rings is 1. The molecule has 0 atom stereocenters. The molecule has 3 heterocycles. The molecule has 0 aromatic carbocycles. The lowest BCUT2D eigenvalue weighted by atomic mass is 9.94. The van der Waals surface area contributed by atoms with Crippen molar-refractivity contribution in [3.05, 3.63) is 53.0 Å². The van der Waals surface area contributed by atoms with Crippen LogP contribution in [0.2, 0.25) is 0 Å². The summed E-state index contributed by atoms with van der Waals surface area (Å²) < 4.78 is 5.38. The Balaban J connectivity index is 1.70. The minimum atomic E-state index is 0.0182. The van der Waals surface area contributed by atoms with Crippen LogP contribution in [0, 0.1) is 6.92 Å². The minimum absolute atomic E-state index is 0.0182. The first-order valence-corrected chi connectivity index (χ1v) is 9.81. The van der Waals surface area contributed by atoms with Crippen LogP contribution in [-0.4, -0.2) is 27.0 Å². The van der Waals surface area contributed by atoms with Crippen molar-refractivity contribution in [2.45, 2.75) is 45.1 Å². The summed E-state index contributed by atoms with van der Waals surface area (Å²) in [5, 5.41) is 0.720. The van der Waals surface area contributed by atoms with Crippen molar-refractivity contribution >= 4 is 34.7 Å². The third-order valence-electron chi connectivity index (χ3n) is 4.68. The fourth-order valence-electron chi connectivity index (χ4n) is 3.42. The first-order chi connectivity index (χ1) is 12.7. The Hall–Kier alpha value is -2.34. The van der Waals surface area contributed by atoms with Gasteiger partial charge >= 0.3 is 0 Å². The van der Waals surface area contributed by atoms with E-state index in [1.807, 2.05) is 42.2 Å². The monoisotopic (exact) mass is 367 g/mol. The number of rotatable bonds is 3. The molecular weight excluding hydrogens is 346 g/mol. The Labute approximate surface area is 157 Å². The van der Waals surface area contributed by atoms with Gasteiger partial charge in [0.1, 0.15) is 5.76 Å². The van der Waals surface area contributed by atoms with Crippen LogP contribution in [0.4, 0.5) is 5.82 Å². The molecular formula is C20H21N3O2S. The summed E-state index contributed by atoms with van der Waals surface area (Å²) in [4.78, 5) is 24.8. The van der Waals surface area contributed by atoms with E-state index in [1.165, 1.54) is 18.2 Å². The van der Waals surface area contributed by atoms with E-state index in [1.54, 1.807) is 12.3 Å². The average molecular weight is 367 g/mol. The number of aryl methyl sites for hydroxylation is 1. The van der Waals surface area contributed by atoms with Gasteiger partial charge in [-0.05, 0) is 55.8 Å². The van der Waals surface area contributed by atoms with Crippen LogP contribution in [0.3, 0.4) is 0 Å². The van der Waals surface area contributed by atoms with Crippen molar-refractivity contribution < 1.29 is 9.21 Å². The third kappa shape index (κ3) is 3.60. The van der Waals surface area contributed by atoms with Crippen LogP contribution in [0.15, 0.2) is 50.9 Å². The summed E-state index contributed by atoms with van der Waals surface area (Å²) in [6, 6.07) is 9.64. The summed E-state index contributed by atoms with van der Waals surface area (Å²) in [6.07, 6.45) is 9.03. The van der Waals surface area contributed by atoms with Gasteiger partial charge in [-0.1, -0.05) is 25.3 Å². The van der Waals surface area contributed by atoms with Crippen molar-refractivity contribution in [1.82, 2.24) is 9.88 Å². The van der Waals surface area contributed by atoms with Gasteiger partial charge in [0.05, 0.1) is 11.2 Å². The van der Waals surface area contributed by atoms with Crippen molar-refractivity contribution in [2.75, 3.05) is 0 Å². The molecule has 0 bridgehead atoms. The summed E-state index contributed by atoms with van der Waals surface area (Å²) in [5.74, 6) is 1.34. The van der Waals surface area contributed by atoms with E-state index in [4.69, 9.17) is 9.41 Å². The number of amides is 1. The molecule has 0 radical (unpaired) electrons. The quantitative estimate of drug-likeness (QED) is 0.723. The highest BCUT2D eigenvalue weighted by Gasteiger charge is 2.38. The molecule has 4 rings (SSSR count). The fraction of sp³-hybridized carbons (Fsp3) is 0.350. The number of pyridine rings is 1. The highest BCUT2D eigenvalue weighted by atomic mass is 32.2. The maximum atomic E-state index is 13.1. The molecule has 5 nitrogen and oxygen atoms in total. The molecule has 2 aromatic rings. The zero-order valence-electron chi connectivity index (χ0n) is 14.7. The number of amidine groups is 1. The lowest BCUT2D eigenvalue weighted by Gasteiger charge is -2.30. The van der Waals surface area contributed by atoms with Gasteiger partial charge in [-0.3, -0.25) is 9.69 Å². The molecule has 0 spiro atoms. The highest BCUT2D eigenvalue weighted by Crippen LogP contribution is 2.38. The molecule has 2 aromatic heterocycles. The number of aromatic nitrogens is 1. The average Bonchev–Trinajstić information content (AvgIpc) is 3.25. The summed E-state index contributed by atoms with van der Waals surface area (Å²) in [6.45, 7) is 1.94. The van der Waals surface area contributed by atoms with Crippen LogP contribution < -0.4 is 0 Å². The van der Waals surface area contributed by atoms with Crippen molar-refractivity contribution in [3.63, 3.8) is 0 Å². The van der Waals surface area contributed by atoms with E-state index in [2.05, 4.69) is 4.98 Å². The summed E-state index contributed by atoms with van der Waals surface area (Å²) >= 11 is 1.41. The SMILES string of the molecule is Cc1cccc(/N=C2/S/C(=C/c3ccco3)C(=O)N2C2CCCCC2)n1. The maximum absolute atomic E-state index is 13.1. The second kappa shape index (κ2) is 7.50. The normalized spacial score (nSPS) is 21.9. The molecule has 1 amide bonds. The van der Waals surface area contributed by atoms with Crippen LogP contribution >= 0.6 is 11.8 Å². The zero-order valence-corrected chi connectivity index (χ0v) is 15.5. The van der Waals surface area contributed by atoms with E-state index in [0.717, 1.165) is 36.5 Å². The smallest absolute Gasteiger partial charge is 0.267 e. The second-order valence-corrected chi connectivity index (χ2v) is 7.63. The van der Waals surface area contributed by atoms with Gasteiger partial charge in [0.2, 0.25) is 0 Å². The number of aliphatic imine (C=N–C) groups is 1. The van der Waals surface area contributed by atoms with Crippen LogP contribution in [-0.2, 0) is 4.79 Å². The molecule has 1 saturated heterocycles. The number of carbonyl (C=O) groups is 1. The van der Waals surface area contributed by atoms with E-state index < -0.39 is 0 Å². The Bertz CT molecular complexity index is 852. The summed E-state index contributed by atoms with van der Waals surface area (Å²) in [7, 11) is 0. The van der Waals surface area contributed by atoms with Crippen LogP contribution in [0.5, 0.6) is 0 Å². The van der Waals surface area contributed by atoms with Gasteiger partial charge in [0, 0.05) is 17.8 Å². The van der Waals surface area contributed by atoms with Gasteiger partial charge in [-0.25, -0.2) is 9.98 Å². The van der Waals surface area contributed by atoms with Crippen LogP contribution in [0.1, 0.15) is 43.6 Å². The predicted molar refractivity (Wildman–Crippen MR) is 104 cm³/mol. The predicted octanol–water partition coefficient (Wildman–Crippen LogP) is 4.92. The van der Waals surface area contributed by atoms with E-state index in [0.29, 0.717) is 16.5 Å². The number of thioether (sulfide) groups is 1. The van der Waals surface area contributed by atoms with Gasteiger partial charge in [0.25, 0.3) is 5.91 Å². The topological polar surface area (TPSA) is 58.7 Å². The molecule has 1 aliphatic heterocycles. The molecule has 26 heavy (non-hydrogen) atoms. The number of carbonyl (C=O) groups excluding carboxylic acids is 1. The van der Waals surface area contributed by atoms with Crippen molar-refractivity contribution in [1.29, 1.82) is 0 Å². The number of nitrogens with zero attached hydrogens (tertiary/aromatic N) is 3. The van der Waals surface area contributed by atoms with Crippen molar-refractivity contribution in [2.24, 2.45) is 4.99 Å². The van der Waals surface area contributed by atoms with E-state index >= 15 is 0 Å². The molecule has 1 saturated carbocycles. The lowest BCUT2D eigenvalue weighted by molar-refractivity contribution is -0.124. The van der Waals surface area contributed by atoms with Crippen molar-refractivity contribution in [3.8, 4) is 0 Å². The number of hydrogen-bond acceptors (Lipinski definition) is 5. The first-order valence-electron chi connectivity index (χ1n) is 9.00. The van der Waals surface area contributed by atoms with Crippen LogP contribution in [0.25, 0.3) is 6.08 Å². The lowest BCUT2D eigenvalue weighted by Crippen LogP contribution is -2.40. The van der Waals surface area contributed by atoms with Gasteiger partial charge < -0.3 is 4.42 Å². The third-order valence-corrected chi connectivity index (χ3v) is 5.66. The standard InChI is InChI=1S/C20H21N3O2S/c1-14-7-5-11-18(21-14)22-20-23(15-8-3-2-4-9-15)19(24)17(26-20)13-16-10-6-12-25-16/h5-7,10-13,15H,2-4,8-9H2,1H3/b17-13+,22-20+. The van der Waals surface area contributed by atoms with E-state index in [9.17, 15) is 4.79 Å². The van der Waals surface area contributed by atoms with Gasteiger partial charge in [-0.15, -0.1) is 0 Å². The Kier molecular flexibility index (Phi) is 4.93.